The molecule has 4 heterocycles. The van der Waals surface area contributed by atoms with Crippen LogP contribution < -0.4 is 11.1 Å². The summed E-state index contributed by atoms with van der Waals surface area (Å²) in [5, 5.41) is 7.29. The first kappa shape index (κ1) is 23.7. The van der Waals surface area contributed by atoms with E-state index in [1.165, 1.54) is 15.7 Å². The number of amides is 1. The van der Waals surface area contributed by atoms with Crippen LogP contribution in [0.15, 0.2) is 22.8 Å². The van der Waals surface area contributed by atoms with Crippen molar-refractivity contribution in [3.05, 3.63) is 18.4 Å². The second kappa shape index (κ2) is 9.83. The van der Waals surface area contributed by atoms with Gasteiger partial charge >= 0.3 is 6.18 Å². The third kappa shape index (κ3) is 5.55. The van der Waals surface area contributed by atoms with Crippen LogP contribution in [0.4, 0.5) is 25.1 Å². The fourth-order valence-electron chi connectivity index (χ4n) is 3.80. The van der Waals surface area contributed by atoms with Crippen LogP contribution >= 0.6 is 0 Å². The van der Waals surface area contributed by atoms with Crippen molar-refractivity contribution in [2.45, 2.75) is 38.4 Å². The number of hydrogen-bond donors (Lipinski definition) is 2. The van der Waals surface area contributed by atoms with Gasteiger partial charge in [0.05, 0.1) is 12.8 Å². The van der Waals surface area contributed by atoms with Gasteiger partial charge in [-0.15, -0.1) is 5.10 Å². The zero-order valence-corrected chi connectivity index (χ0v) is 18.6. The van der Waals surface area contributed by atoms with Gasteiger partial charge in [-0.1, -0.05) is 19.8 Å². The van der Waals surface area contributed by atoms with Gasteiger partial charge in [0, 0.05) is 26.2 Å². The summed E-state index contributed by atoms with van der Waals surface area (Å²) in [6, 6.07) is 2.75. The van der Waals surface area contributed by atoms with Crippen molar-refractivity contribution in [3.63, 3.8) is 0 Å². The molecule has 11 nitrogen and oxygen atoms in total. The highest BCUT2D eigenvalue weighted by Crippen LogP contribution is 2.20. The molecule has 0 radical (unpaired) electrons. The van der Waals surface area contributed by atoms with Crippen LogP contribution in [0.2, 0.25) is 0 Å². The lowest BCUT2D eigenvalue weighted by molar-refractivity contribution is -0.152. The summed E-state index contributed by atoms with van der Waals surface area (Å²) in [6.07, 6.45) is -0.620. The molecule has 0 spiro atoms. The maximum absolute atomic E-state index is 13.2. The summed E-state index contributed by atoms with van der Waals surface area (Å²) in [6.45, 7) is 1.80. The van der Waals surface area contributed by atoms with Gasteiger partial charge in [-0.05, 0) is 18.6 Å². The van der Waals surface area contributed by atoms with Gasteiger partial charge in [-0.3, -0.25) is 9.69 Å². The molecule has 0 bridgehead atoms. The minimum absolute atomic E-state index is 0.0280. The van der Waals surface area contributed by atoms with E-state index in [4.69, 9.17) is 10.2 Å². The Balaban J connectivity index is 1.48. The molecule has 3 aromatic heterocycles. The molecule has 1 amide bonds. The molecule has 0 saturated carbocycles. The van der Waals surface area contributed by atoms with Crippen LogP contribution in [0.1, 0.15) is 26.2 Å². The topological polar surface area (TPSA) is 131 Å². The van der Waals surface area contributed by atoms with Crippen molar-refractivity contribution in [2.24, 2.45) is 0 Å². The third-order valence-electron chi connectivity index (χ3n) is 5.51. The van der Waals surface area contributed by atoms with Gasteiger partial charge in [0.15, 0.2) is 5.76 Å². The number of carbonyl (C=O) groups is 1. The van der Waals surface area contributed by atoms with Gasteiger partial charge in [0.25, 0.3) is 5.78 Å². The number of nitrogen functional groups attached to an aromatic ring is 1. The largest absolute Gasteiger partial charge is 0.461 e. The van der Waals surface area contributed by atoms with E-state index < -0.39 is 18.8 Å². The summed E-state index contributed by atoms with van der Waals surface area (Å²) < 4.78 is 44.5. The number of nitrogens with zero attached hydrogens (tertiary/aromatic N) is 7. The predicted molar refractivity (Wildman–Crippen MR) is 117 cm³/mol. The van der Waals surface area contributed by atoms with E-state index in [0.717, 1.165) is 12.8 Å². The van der Waals surface area contributed by atoms with Gasteiger partial charge in [-0.2, -0.15) is 32.6 Å². The molecular formula is C20H26F3N9O2. The highest BCUT2D eigenvalue weighted by Gasteiger charge is 2.34. The number of unbranched alkanes of at least 4 members (excludes halogenated alkanes) is 1. The fraction of sp³-hybridized carbons (Fsp3) is 0.550. The van der Waals surface area contributed by atoms with E-state index in [1.54, 1.807) is 17.0 Å². The van der Waals surface area contributed by atoms with Crippen LogP contribution in [0.5, 0.6) is 0 Å². The Morgan fingerprint density at radius 3 is 2.65 bits per heavy atom. The van der Waals surface area contributed by atoms with Crippen molar-refractivity contribution < 1.29 is 22.4 Å². The molecule has 3 N–H and O–H groups in total. The molecule has 34 heavy (non-hydrogen) atoms. The molecule has 184 valence electrons. The standard InChI is InChI=1S/C20H26F3N9O2/c1-2-3-5-13(16(33)31-9-7-30(8-10-31)12-20(21,22)23)25-18-27-17(24)32-19(28-18)26-15(29-32)14-6-4-11-34-14/h4,6,11,13H,2-3,5,7-10,12H2,1H3,(H3,24,25,26,27,28,29)/t13-/m0/s1. The molecule has 0 aliphatic carbocycles. The van der Waals surface area contributed by atoms with Crippen molar-refractivity contribution >= 4 is 23.6 Å². The molecule has 1 fully saturated rings. The van der Waals surface area contributed by atoms with Crippen LogP contribution in [-0.2, 0) is 4.79 Å². The number of aromatic nitrogens is 5. The molecule has 0 aromatic carbocycles. The number of nitrogens with two attached hydrogens (primary N) is 1. The van der Waals surface area contributed by atoms with Crippen LogP contribution in [0, 0.1) is 0 Å². The molecule has 4 rings (SSSR count). The van der Waals surface area contributed by atoms with Crippen molar-refractivity contribution in [1.82, 2.24) is 34.4 Å². The quantitative estimate of drug-likeness (QED) is 0.496. The van der Waals surface area contributed by atoms with Gasteiger partial charge in [-0.25, -0.2) is 0 Å². The average molecular weight is 481 g/mol. The Hall–Kier alpha value is -3.42. The molecule has 1 atom stereocenters. The number of alkyl halides is 3. The van der Waals surface area contributed by atoms with Crippen molar-refractivity contribution in [3.8, 4) is 11.6 Å². The number of fused-ring (bicyclic) bond motifs is 1. The number of furan rings is 1. The molecule has 0 unspecified atom stereocenters. The van der Waals surface area contributed by atoms with E-state index >= 15 is 0 Å². The zero-order valence-electron chi connectivity index (χ0n) is 18.6. The lowest BCUT2D eigenvalue weighted by Crippen LogP contribution is -2.54. The summed E-state index contributed by atoms with van der Waals surface area (Å²) in [5.41, 5.74) is 6.03. The highest BCUT2D eigenvalue weighted by molar-refractivity contribution is 5.84. The second-order valence-electron chi connectivity index (χ2n) is 8.09. The van der Waals surface area contributed by atoms with E-state index in [9.17, 15) is 18.0 Å². The van der Waals surface area contributed by atoms with Crippen molar-refractivity contribution in [2.75, 3.05) is 43.8 Å². The van der Waals surface area contributed by atoms with Crippen LogP contribution in [-0.4, -0.2) is 85.2 Å². The second-order valence-corrected chi connectivity index (χ2v) is 8.09. The number of rotatable bonds is 8. The minimum Gasteiger partial charge on any atom is -0.461 e. The Morgan fingerprint density at radius 1 is 1.24 bits per heavy atom. The highest BCUT2D eigenvalue weighted by atomic mass is 19.4. The monoisotopic (exact) mass is 481 g/mol. The smallest absolute Gasteiger partial charge is 0.401 e. The number of hydrogen-bond acceptors (Lipinski definition) is 9. The number of anilines is 2. The Kier molecular flexibility index (Phi) is 6.86. The maximum atomic E-state index is 13.2. The Morgan fingerprint density at radius 2 is 2.00 bits per heavy atom. The van der Waals surface area contributed by atoms with Crippen LogP contribution in [0.25, 0.3) is 17.4 Å². The fourth-order valence-corrected chi connectivity index (χ4v) is 3.80. The third-order valence-corrected chi connectivity index (χ3v) is 5.51. The maximum Gasteiger partial charge on any atom is 0.401 e. The molecular weight excluding hydrogens is 455 g/mol. The normalized spacial score (nSPS) is 16.2. The zero-order chi connectivity index (χ0) is 24.3. The number of carbonyl (C=O) groups excluding carboxylic acids is 1. The first-order valence-electron chi connectivity index (χ1n) is 11.0. The number of halogens is 3. The predicted octanol–water partition coefficient (Wildman–Crippen LogP) is 2.04. The lowest BCUT2D eigenvalue weighted by Gasteiger charge is -2.36. The summed E-state index contributed by atoms with van der Waals surface area (Å²) >= 11 is 0. The first-order valence-corrected chi connectivity index (χ1v) is 11.0. The minimum atomic E-state index is -4.26. The van der Waals surface area contributed by atoms with Gasteiger partial charge < -0.3 is 20.4 Å². The summed E-state index contributed by atoms with van der Waals surface area (Å²) in [4.78, 5) is 28.9. The number of nitrogens with one attached hydrogen (secondary N) is 1. The average Bonchev–Trinajstić information content (AvgIpc) is 3.46. The molecule has 1 saturated heterocycles. The number of piperazine rings is 1. The van der Waals surface area contributed by atoms with Crippen LogP contribution in [0.3, 0.4) is 0 Å². The van der Waals surface area contributed by atoms with E-state index in [0.29, 0.717) is 18.0 Å². The molecule has 14 heteroatoms. The van der Waals surface area contributed by atoms with E-state index in [1.807, 2.05) is 6.92 Å². The van der Waals surface area contributed by atoms with Crippen molar-refractivity contribution in [1.29, 1.82) is 0 Å². The molecule has 3 aromatic rings. The molecule has 1 aliphatic rings. The lowest BCUT2D eigenvalue weighted by atomic mass is 10.1. The van der Waals surface area contributed by atoms with Gasteiger partial charge in [0.2, 0.25) is 23.6 Å². The molecule has 1 aliphatic heterocycles. The SMILES string of the molecule is CCCC[C@H](Nc1nc(N)n2nc(-c3ccco3)nc2n1)C(=O)N1CCN(CC(F)(F)F)CC1. The Bertz CT molecular complexity index is 1110. The summed E-state index contributed by atoms with van der Waals surface area (Å²) in [7, 11) is 0. The van der Waals surface area contributed by atoms with Gasteiger partial charge in [0.1, 0.15) is 6.04 Å². The van der Waals surface area contributed by atoms with E-state index in [-0.39, 0.29) is 49.8 Å². The van der Waals surface area contributed by atoms with E-state index in [2.05, 4.69) is 25.4 Å². The first-order chi connectivity index (χ1) is 16.2. The Labute approximate surface area is 193 Å². The summed E-state index contributed by atoms with van der Waals surface area (Å²) in [5.74, 6) is 0.858.